The van der Waals surface area contributed by atoms with Crippen molar-refractivity contribution in [3.05, 3.63) is 47.3 Å². The predicted molar refractivity (Wildman–Crippen MR) is 126 cm³/mol. The normalized spacial score (nSPS) is 20.3. The van der Waals surface area contributed by atoms with Gasteiger partial charge in [0.15, 0.2) is 0 Å². The van der Waals surface area contributed by atoms with Crippen molar-refractivity contribution >= 4 is 11.8 Å². The fraction of sp³-hybridized carbons (Fsp3) is 0.560. The van der Waals surface area contributed by atoms with E-state index in [4.69, 9.17) is 9.72 Å². The molecular formula is C25H33N5O3. The Morgan fingerprint density at radius 1 is 1.33 bits per heavy atom. The fourth-order valence-electron chi connectivity index (χ4n) is 5.65. The topological polar surface area (TPSA) is 99.6 Å². The lowest BCUT2D eigenvalue weighted by atomic mass is 9.60. The number of aliphatic carboxylic acids is 1. The standard InChI is InChI=1S/C25H33N5O3/c1-33-22-7-5-18(14-27-22)21(11-23(31)32)28-20-12-25(13-20)15-30(16-25)10-8-19-6-4-17-3-2-9-26-24(17)29-19/h4-7,14,20-21,28H,2-3,8-13,15-16H2,1H3,(H,26,29)(H,31,32)/t21-/m0/s1. The molecule has 33 heavy (non-hydrogen) atoms. The minimum absolute atomic E-state index is 0.0479. The van der Waals surface area contributed by atoms with Crippen LogP contribution in [0.25, 0.3) is 0 Å². The molecule has 8 heteroatoms. The molecule has 1 saturated carbocycles. The van der Waals surface area contributed by atoms with Gasteiger partial charge in [0.2, 0.25) is 5.88 Å². The van der Waals surface area contributed by atoms with Crippen molar-refractivity contribution in [2.75, 3.05) is 38.6 Å². The van der Waals surface area contributed by atoms with Crippen LogP contribution in [-0.4, -0.2) is 65.3 Å². The summed E-state index contributed by atoms with van der Waals surface area (Å²) in [4.78, 5) is 23.0. The number of carbonyl (C=O) groups is 1. The first kappa shape index (κ1) is 22.1. The summed E-state index contributed by atoms with van der Waals surface area (Å²) in [6.45, 7) is 4.32. The first-order valence-electron chi connectivity index (χ1n) is 11.9. The van der Waals surface area contributed by atoms with Crippen molar-refractivity contribution in [3.63, 3.8) is 0 Å². The first-order valence-corrected chi connectivity index (χ1v) is 11.9. The van der Waals surface area contributed by atoms with E-state index < -0.39 is 5.97 Å². The average Bonchev–Trinajstić information content (AvgIpc) is 2.78. The molecule has 0 radical (unpaired) electrons. The van der Waals surface area contributed by atoms with Crippen LogP contribution in [0.5, 0.6) is 5.88 Å². The number of rotatable bonds is 9. The second-order valence-electron chi connectivity index (χ2n) is 9.86. The Bertz CT molecular complexity index is 982. The SMILES string of the molecule is COc1ccc([C@H](CC(=O)O)NC2CC3(C2)CN(CCc2ccc4c(n2)NCCC4)C3)cn1. The van der Waals surface area contributed by atoms with Gasteiger partial charge in [0.25, 0.3) is 0 Å². The van der Waals surface area contributed by atoms with Gasteiger partial charge >= 0.3 is 5.97 Å². The molecule has 2 fully saturated rings. The molecule has 2 aromatic heterocycles. The number of carboxylic acid groups (broad SMARTS) is 1. The average molecular weight is 452 g/mol. The zero-order chi connectivity index (χ0) is 22.8. The minimum Gasteiger partial charge on any atom is -0.481 e. The van der Waals surface area contributed by atoms with Crippen molar-refractivity contribution in [2.45, 2.75) is 50.6 Å². The molecular weight excluding hydrogens is 418 g/mol. The molecule has 5 rings (SSSR count). The molecule has 0 bridgehead atoms. The van der Waals surface area contributed by atoms with Gasteiger partial charge in [0.05, 0.1) is 13.5 Å². The van der Waals surface area contributed by atoms with Crippen LogP contribution in [0.4, 0.5) is 5.82 Å². The largest absolute Gasteiger partial charge is 0.481 e. The monoisotopic (exact) mass is 451 g/mol. The number of aryl methyl sites for hydroxylation is 1. The van der Waals surface area contributed by atoms with Crippen LogP contribution < -0.4 is 15.4 Å². The number of fused-ring (bicyclic) bond motifs is 1. The maximum Gasteiger partial charge on any atom is 0.305 e. The van der Waals surface area contributed by atoms with E-state index in [0.717, 1.165) is 63.2 Å². The molecule has 176 valence electrons. The fourth-order valence-corrected chi connectivity index (χ4v) is 5.65. The number of nitrogens with zero attached hydrogens (tertiary/aromatic N) is 3. The lowest BCUT2D eigenvalue weighted by molar-refractivity contribution is -0.138. The lowest BCUT2D eigenvalue weighted by Crippen LogP contribution is -2.66. The van der Waals surface area contributed by atoms with E-state index in [-0.39, 0.29) is 12.5 Å². The number of aromatic nitrogens is 2. The van der Waals surface area contributed by atoms with Crippen LogP contribution in [0.2, 0.25) is 0 Å². The first-order chi connectivity index (χ1) is 16.0. The molecule has 1 atom stereocenters. The summed E-state index contributed by atoms with van der Waals surface area (Å²) in [5, 5.41) is 16.3. The van der Waals surface area contributed by atoms with Crippen LogP contribution in [-0.2, 0) is 17.6 Å². The highest BCUT2D eigenvalue weighted by Crippen LogP contribution is 2.49. The summed E-state index contributed by atoms with van der Waals surface area (Å²) in [6, 6.07) is 8.22. The van der Waals surface area contributed by atoms with E-state index in [0.29, 0.717) is 17.3 Å². The number of carboxylic acids is 1. The molecule has 0 unspecified atom stereocenters. The van der Waals surface area contributed by atoms with Gasteiger partial charge in [0, 0.05) is 62.6 Å². The third kappa shape index (κ3) is 4.96. The Hall–Kier alpha value is -2.71. The van der Waals surface area contributed by atoms with Gasteiger partial charge in [-0.2, -0.15) is 0 Å². The molecule has 2 aliphatic heterocycles. The van der Waals surface area contributed by atoms with E-state index in [2.05, 4.69) is 32.7 Å². The second kappa shape index (κ2) is 9.27. The van der Waals surface area contributed by atoms with Crippen LogP contribution in [0.3, 0.4) is 0 Å². The van der Waals surface area contributed by atoms with E-state index in [9.17, 15) is 9.90 Å². The summed E-state index contributed by atoms with van der Waals surface area (Å²) in [6.07, 6.45) is 7.26. The number of methoxy groups -OCH3 is 1. The Morgan fingerprint density at radius 2 is 2.18 bits per heavy atom. The number of likely N-dealkylation sites (tertiary alicyclic amines) is 1. The number of nitrogens with one attached hydrogen (secondary N) is 2. The molecule has 2 aromatic rings. The third-order valence-corrected chi connectivity index (χ3v) is 7.30. The predicted octanol–water partition coefficient (Wildman–Crippen LogP) is 2.66. The van der Waals surface area contributed by atoms with E-state index >= 15 is 0 Å². The van der Waals surface area contributed by atoms with Crippen molar-refractivity contribution in [2.24, 2.45) is 5.41 Å². The molecule has 3 aliphatic rings. The van der Waals surface area contributed by atoms with Gasteiger partial charge in [-0.3, -0.25) is 4.79 Å². The van der Waals surface area contributed by atoms with Crippen molar-refractivity contribution in [3.8, 4) is 5.88 Å². The van der Waals surface area contributed by atoms with Crippen molar-refractivity contribution in [1.82, 2.24) is 20.2 Å². The number of ether oxygens (including phenoxy) is 1. The van der Waals surface area contributed by atoms with Gasteiger partial charge in [-0.05, 0) is 48.3 Å². The number of pyridine rings is 2. The molecule has 0 aromatic carbocycles. The highest BCUT2D eigenvalue weighted by atomic mass is 16.5. The Balaban J connectivity index is 1.08. The molecule has 3 N–H and O–H groups in total. The van der Waals surface area contributed by atoms with Gasteiger partial charge in [-0.1, -0.05) is 12.1 Å². The zero-order valence-electron chi connectivity index (χ0n) is 19.2. The molecule has 1 aliphatic carbocycles. The number of hydrogen-bond donors (Lipinski definition) is 3. The maximum atomic E-state index is 11.4. The highest BCUT2D eigenvalue weighted by molar-refractivity contribution is 5.68. The Kier molecular flexibility index (Phi) is 6.21. The zero-order valence-corrected chi connectivity index (χ0v) is 19.2. The summed E-state index contributed by atoms with van der Waals surface area (Å²) >= 11 is 0. The van der Waals surface area contributed by atoms with E-state index in [1.165, 1.54) is 17.7 Å². The second-order valence-corrected chi connectivity index (χ2v) is 9.86. The third-order valence-electron chi connectivity index (χ3n) is 7.30. The summed E-state index contributed by atoms with van der Waals surface area (Å²) in [5.41, 5.74) is 3.80. The van der Waals surface area contributed by atoms with Crippen molar-refractivity contribution < 1.29 is 14.6 Å². The Morgan fingerprint density at radius 3 is 2.91 bits per heavy atom. The van der Waals surface area contributed by atoms with Crippen molar-refractivity contribution in [1.29, 1.82) is 0 Å². The number of hydrogen-bond acceptors (Lipinski definition) is 7. The van der Waals surface area contributed by atoms with Crippen LogP contribution in [0, 0.1) is 5.41 Å². The van der Waals surface area contributed by atoms with Gasteiger partial charge in [-0.25, -0.2) is 9.97 Å². The quantitative estimate of drug-likeness (QED) is 0.535. The van der Waals surface area contributed by atoms with Gasteiger partial charge < -0.3 is 25.4 Å². The van der Waals surface area contributed by atoms with Crippen LogP contribution in [0.1, 0.15) is 48.5 Å². The molecule has 8 nitrogen and oxygen atoms in total. The van der Waals surface area contributed by atoms with Crippen LogP contribution in [0.15, 0.2) is 30.5 Å². The number of anilines is 1. The van der Waals surface area contributed by atoms with E-state index in [1.54, 1.807) is 19.4 Å². The Labute approximate surface area is 194 Å². The maximum absolute atomic E-state index is 11.4. The van der Waals surface area contributed by atoms with Gasteiger partial charge in [0.1, 0.15) is 5.82 Å². The molecule has 1 saturated heterocycles. The summed E-state index contributed by atoms with van der Waals surface area (Å²) in [5.74, 6) is 0.805. The highest BCUT2D eigenvalue weighted by Gasteiger charge is 2.52. The lowest BCUT2D eigenvalue weighted by Gasteiger charge is -2.60. The molecule has 0 amide bonds. The van der Waals surface area contributed by atoms with Crippen LogP contribution >= 0.6 is 0 Å². The van der Waals surface area contributed by atoms with E-state index in [1.807, 2.05) is 6.07 Å². The van der Waals surface area contributed by atoms with Gasteiger partial charge in [-0.15, -0.1) is 0 Å². The summed E-state index contributed by atoms with van der Waals surface area (Å²) < 4.78 is 5.12. The summed E-state index contributed by atoms with van der Waals surface area (Å²) in [7, 11) is 1.57. The molecule has 4 heterocycles. The smallest absolute Gasteiger partial charge is 0.305 e. The minimum atomic E-state index is -0.807. The molecule has 1 spiro atoms.